The van der Waals surface area contributed by atoms with Crippen molar-refractivity contribution >= 4 is 5.91 Å². The number of carbonyl (C=O) groups is 1. The number of carbonyl (C=O) groups excluding carboxylic acids is 1. The molecule has 1 saturated heterocycles. The fourth-order valence-electron chi connectivity index (χ4n) is 2.17. The summed E-state index contributed by atoms with van der Waals surface area (Å²) in [6.07, 6.45) is 3.91. The average molecular weight is 247 g/mol. The predicted octanol–water partition coefficient (Wildman–Crippen LogP) is 1.54. The zero-order chi connectivity index (χ0) is 12.8. The molecule has 0 aromatic heterocycles. The molecule has 1 fully saturated rings. The Morgan fingerprint density at radius 3 is 2.44 bits per heavy atom. The number of rotatable bonds is 4. The lowest BCUT2D eigenvalue weighted by Gasteiger charge is -2.27. The van der Waals surface area contributed by atoms with Crippen LogP contribution in [0.15, 0.2) is 24.3 Å². The van der Waals surface area contributed by atoms with E-state index in [0.717, 1.165) is 19.6 Å². The minimum absolute atomic E-state index is 0.0365. The monoisotopic (exact) mass is 247 g/mol. The highest BCUT2D eigenvalue weighted by Gasteiger charge is 2.09. The summed E-state index contributed by atoms with van der Waals surface area (Å²) in [5.41, 5.74) is 5.34. The van der Waals surface area contributed by atoms with Crippen molar-refractivity contribution in [3.63, 3.8) is 0 Å². The topological polar surface area (TPSA) is 44.4 Å². The van der Waals surface area contributed by atoms with Crippen molar-refractivity contribution < 1.29 is 4.79 Å². The number of hydrazine groups is 1. The van der Waals surface area contributed by atoms with Gasteiger partial charge >= 0.3 is 0 Å². The summed E-state index contributed by atoms with van der Waals surface area (Å²) in [6, 6.07) is 7.74. The van der Waals surface area contributed by atoms with Crippen molar-refractivity contribution in [3.8, 4) is 0 Å². The van der Waals surface area contributed by atoms with E-state index >= 15 is 0 Å². The molecule has 0 atom stereocenters. The third-order valence-corrected chi connectivity index (χ3v) is 3.31. The SMILES string of the molecule is CNC(=O)c1ccc(CNN2CCCCC2)cc1. The van der Waals surface area contributed by atoms with Crippen LogP contribution in [-0.4, -0.2) is 31.1 Å². The van der Waals surface area contributed by atoms with Gasteiger partial charge in [0.2, 0.25) is 0 Å². The summed E-state index contributed by atoms with van der Waals surface area (Å²) in [6.45, 7) is 3.10. The maximum absolute atomic E-state index is 11.4. The highest BCUT2D eigenvalue weighted by atomic mass is 16.1. The van der Waals surface area contributed by atoms with Crippen LogP contribution in [-0.2, 0) is 6.54 Å². The molecule has 0 bridgehead atoms. The van der Waals surface area contributed by atoms with E-state index in [1.54, 1.807) is 7.05 Å². The lowest BCUT2D eigenvalue weighted by Crippen LogP contribution is -2.41. The predicted molar refractivity (Wildman–Crippen MR) is 72.1 cm³/mol. The largest absolute Gasteiger partial charge is 0.355 e. The van der Waals surface area contributed by atoms with Gasteiger partial charge in [-0.3, -0.25) is 10.2 Å². The van der Waals surface area contributed by atoms with Gasteiger partial charge in [-0.25, -0.2) is 5.01 Å². The standard InChI is InChI=1S/C14H21N3O/c1-15-14(18)13-7-5-12(6-8-13)11-16-17-9-3-2-4-10-17/h5-8,16H,2-4,9-11H2,1H3,(H,15,18). The number of hydrogen-bond donors (Lipinski definition) is 2. The first-order valence-electron chi connectivity index (χ1n) is 6.59. The summed E-state index contributed by atoms with van der Waals surface area (Å²) >= 11 is 0. The minimum atomic E-state index is -0.0365. The van der Waals surface area contributed by atoms with Crippen LogP contribution in [0.4, 0.5) is 0 Å². The van der Waals surface area contributed by atoms with Gasteiger partial charge in [0, 0.05) is 32.2 Å². The van der Waals surface area contributed by atoms with Crippen LogP contribution in [0.25, 0.3) is 0 Å². The van der Waals surface area contributed by atoms with E-state index in [0.29, 0.717) is 5.56 Å². The Hall–Kier alpha value is -1.39. The Labute approximate surface area is 108 Å². The van der Waals surface area contributed by atoms with Crippen LogP contribution in [0, 0.1) is 0 Å². The molecule has 0 aliphatic carbocycles. The molecule has 18 heavy (non-hydrogen) atoms. The number of nitrogens with one attached hydrogen (secondary N) is 2. The van der Waals surface area contributed by atoms with Gasteiger partial charge in [0.25, 0.3) is 5.91 Å². The van der Waals surface area contributed by atoms with Crippen molar-refractivity contribution in [1.29, 1.82) is 0 Å². The first-order chi connectivity index (χ1) is 8.79. The summed E-state index contributed by atoms with van der Waals surface area (Å²) in [4.78, 5) is 11.4. The maximum Gasteiger partial charge on any atom is 0.251 e. The van der Waals surface area contributed by atoms with Crippen LogP contribution in [0.3, 0.4) is 0 Å². The third kappa shape index (κ3) is 3.55. The van der Waals surface area contributed by atoms with Gasteiger partial charge in [-0.05, 0) is 30.5 Å². The Morgan fingerprint density at radius 1 is 1.17 bits per heavy atom. The molecular formula is C14H21N3O. The second-order valence-electron chi connectivity index (χ2n) is 4.66. The molecule has 1 aliphatic heterocycles. The highest BCUT2D eigenvalue weighted by molar-refractivity contribution is 5.93. The van der Waals surface area contributed by atoms with Crippen LogP contribution >= 0.6 is 0 Å². The molecule has 1 aromatic rings. The van der Waals surface area contributed by atoms with E-state index in [-0.39, 0.29) is 5.91 Å². The first kappa shape index (κ1) is 13.1. The lowest BCUT2D eigenvalue weighted by atomic mass is 10.1. The van der Waals surface area contributed by atoms with Gasteiger partial charge in [0.05, 0.1) is 0 Å². The number of benzene rings is 1. The Kier molecular flexibility index (Phi) is 4.73. The summed E-state index contributed by atoms with van der Waals surface area (Å²) in [5, 5.41) is 4.91. The summed E-state index contributed by atoms with van der Waals surface area (Å²) in [7, 11) is 1.65. The molecule has 2 N–H and O–H groups in total. The van der Waals surface area contributed by atoms with Gasteiger partial charge in [-0.2, -0.15) is 0 Å². The van der Waals surface area contributed by atoms with E-state index in [2.05, 4.69) is 15.8 Å². The van der Waals surface area contributed by atoms with Gasteiger partial charge in [-0.1, -0.05) is 18.6 Å². The van der Waals surface area contributed by atoms with Crippen LogP contribution in [0.2, 0.25) is 0 Å². The van der Waals surface area contributed by atoms with Gasteiger partial charge in [-0.15, -0.1) is 0 Å². The maximum atomic E-state index is 11.4. The van der Waals surface area contributed by atoms with Crippen molar-refractivity contribution in [2.75, 3.05) is 20.1 Å². The van der Waals surface area contributed by atoms with E-state index in [9.17, 15) is 4.79 Å². The third-order valence-electron chi connectivity index (χ3n) is 3.31. The van der Waals surface area contributed by atoms with Crippen LogP contribution < -0.4 is 10.7 Å². The summed E-state index contributed by atoms with van der Waals surface area (Å²) in [5.74, 6) is -0.0365. The molecule has 0 saturated carbocycles. The van der Waals surface area contributed by atoms with E-state index in [1.807, 2.05) is 24.3 Å². The van der Waals surface area contributed by atoms with Gasteiger partial charge in [0.1, 0.15) is 0 Å². The molecule has 98 valence electrons. The van der Waals surface area contributed by atoms with Crippen LogP contribution in [0.1, 0.15) is 35.2 Å². The molecule has 1 aromatic carbocycles. The molecular weight excluding hydrogens is 226 g/mol. The zero-order valence-electron chi connectivity index (χ0n) is 10.9. The zero-order valence-corrected chi connectivity index (χ0v) is 10.9. The van der Waals surface area contributed by atoms with Gasteiger partial charge < -0.3 is 5.32 Å². The number of nitrogens with zero attached hydrogens (tertiary/aromatic N) is 1. The molecule has 4 nitrogen and oxygen atoms in total. The number of piperidine rings is 1. The average Bonchev–Trinajstić information content (AvgIpc) is 2.46. The molecule has 0 unspecified atom stereocenters. The molecule has 1 heterocycles. The number of amides is 1. The quantitative estimate of drug-likeness (QED) is 0.848. The number of hydrogen-bond acceptors (Lipinski definition) is 3. The van der Waals surface area contributed by atoms with Crippen molar-refractivity contribution in [1.82, 2.24) is 15.8 Å². The van der Waals surface area contributed by atoms with Crippen molar-refractivity contribution in [3.05, 3.63) is 35.4 Å². The molecule has 1 aliphatic rings. The highest BCUT2D eigenvalue weighted by Crippen LogP contribution is 2.08. The summed E-state index contributed by atoms with van der Waals surface area (Å²) < 4.78 is 0. The smallest absolute Gasteiger partial charge is 0.251 e. The van der Waals surface area contributed by atoms with Crippen molar-refractivity contribution in [2.24, 2.45) is 0 Å². The van der Waals surface area contributed by atoms with E-state index < -0.39 is 0 Å². The Balaban J connectivity index is 1.84. The fourth-order valence-corrected chi connectivity index (χ4v) is 2.17. The lowest BCUT2D eigenvalue weighted by molar-refractivity contribution is 0.0963. The molecule has 2 rings (SSSR count). The Morgan fingerprint density at radius 2 is 1.83 bits per heavy atom. The Bertz CT molecular complexity index is 383. The second-order valence-corrected chi connectivity index (χ2v) is 4.66. The van der Waals surface area contributed by atoms with E-state index in [4.69, 9.17) is 0 Å². The second kappa shape index (κ2) is 6.52. The van der Waals surface area contributed by atoms with Crippen LogP contribution in [0.5, 0.6) is 0 Å². The molecule has 4 heteroatoms. The molecule has 0 radical (unpaired) electrons. The van der Waals surface area contributed by atoms with Gasteiger partial charge in [0.15, 0.2) is 0 Å². The first-order valence-corrected chi connectivity index (χ1v) is 6.59. The van der Waals surface area contributed by atoms with Crippen molar-refractivity contribution in [2.45, 2.75) is 25.8 Å². The molecule has 1 amide bonds. The van der Waals surface area contributed by atoms with E-state index in [1.165, 1.54) is 24.8 Å². The fraction of sp³-hybridized carbons (Fsp3) is 0.500. The normalized spacial score (nSPS) is 16.5. The minimum Gasteiger partial charge on any atom is -0.355 e. The molecule has 0 spiro atoms.